The Bertz CT molecular complexity index is 554. The fourth-order valence-electron chi connectivity index (χ4n) is 2.32. The first-order chi connectivity index (χ1) is 10.00. The standard InChI is InChI=1S/C14H18N2O5/c1-2-9-21-11-6-3-5-10(12(11)16(19)20)15-14(13(17)18)7-4-8-14/h3,5-6,15H,2,4,7-9H2,1H3,(H,17,18). The van der Waals surface area contributed by atoms with E-state index >= 15 is 0 Å². The van der Waals surface area contributed by atoms with Crippen molar-refractivity contribution in [2.45, 2.75) is 38.1 Å². The summed E-state index contributed by atoms with van der Waals surface area (Å²) in [5, 5.41) is 23.5. The zero-order valence-electron chi connectivity index (χ0n) is 11.8. The van der Waals surface area contributed by atoms with Gasteiger partial charge in [-0.3, -0.25) is 10.1 Å². The van der Waals surface area contributed by atoms with Crippen LogP contribution in [0.15, 0.2) is 18.2 Å². The van der Waals surface area contributed by atoms with Crippen LogP contribution in [0.5, 0.6) is 5.75 Å². The van der Waals surface area contributed by atoms with Crippen molar-refractivity contribution >= 4 is 17.3 Å². The Kier molecular flexibility index (Phi) is 4.30. The highest BCUT2D eigenvalue weighted by Gasteiger charge is 2.45. The van der Waals surface area contributed by atoms with Crippen LogP contribution in [0.2, 0.25) is 0 Å². The van der Waals surface area contributed by atoms with E-state index in [1.54, 1.807) is 6.07 Å². The molecular formula is C14H18N2O5. The van der Waals surface area contributed by atoms with Crippen molar-refractivity contribution in [3.8, 4) is 5.75 Å². The summed E-state index contributed by atoms with van der Waals surface area (Å²) in [4.78, 5) is 22.1. The molecule has 0 aromatic heterocycles. The number of carbonyl (C=O) groups is 1. The molecule has 0 unspecified atom stereocenters. The second-order valence-corrected chi connectivity index (χ2v) is 5.12. The number of nitro benzene ring substituents is 1. The lowest BCUT2D eigenvalue weighted by atomic mass is 9.76. The number of carboxylic acids is 1. The minimum absolute atomic E-state index is 0.159. The van der Waals surface area contributed by atoms with Gasteiger partial charge < -0.3 is 15.2 Å². The van der Waals surface area contributed by atoms with E-state index in [1.807, 2.05) is 6.92 Å². The molecule has 1 saturated carbocycles. The van der Waals surface area contributed by atoms with Gasteiger partial charge in [0, 0.05) is 0 Å². The Morgan fingerprint density at radius 1 is 1.52 bits per heavy atom. The van der Waals surface area contributed by atoms with Gasteiger partial charge in [-0.25, -0.2) is 4.79 Å². The number of aliphatic carboxylic acids is 1. The van der Waals surface area contributed by atoms with Crippen molar-refractivity contribution in [1.29, 1.82) is 0 Å². The Morgan fingerprint density at radius 2 is 2.24 bits per heavy atom. The number of para-hydroxylation sites is 1. The predicted octanol–water partition coefficient (Wildman–Crippen LogP) is 2.80. The molecule has 0 spiro atoms. The van der Waals surface area contributed by atoms with Gasteiger partial charge >= 0.3 is 11.7 Å². The highest BCUT2D eigenvalue weighted by Crippen LogP contribution is 2.41. The number of nitro groups is 1. The number of anilines is 1. The molecule has 1 aliphatic rings. The van der Waals surface area contributed by atoms with Crippen LogP contribution in [0.1, 0.15) is 32.6 Å². The second kappa shape index (κ2) is 5.99. The summed E-state index contributed by atoms with van der Waals surface area (Å²) in [7, 11) is 0. The Hall–Kier alpha value is -2.31. The second-order valence-electron chi connectivity index (χ2n) is 5.12. The number of rotatable bonds is 7. The van der Waals surface area contributed by atoms with Gasteiger partial charge in [-0.15, -0.1) is 0 Å². The topological polar surface area (TPSA) is 102 Å². The quantitative estimate of drug-likeness (QED) is 0.592. The lowest BCUT2D eigenvalue weighted by Crippen LogP contribution is -2.52. The molecular weight excluding hydrogens is 276 g/mol. The Balaban J connectivity index is 2.34. The summed E-state index contributed by atoms with van der Waals surface area (Å²) in [5.74, 6) is -0.824. The first-order valence-corrected chi connectivity index (χ1v) is 6.92. The molecule has 1 aliphatic carbocycles. The minimum Gasteiger partial charge on any atom is -0.487 e. The minimum atomic E-state index is -1.10. The van der Waals surface area contributed by atoms with E-state index < -0.39 is 16.4 Å². The summed E-state index contributed by atoms with van der Waals surface area (Å²) in [6.07, 6.45) is 2.44. The van der Waals surface area contributed by atoms with Gasteiger partial charge in [0.05, 0.1) is 11.5 Å². The molecule has 0 bridgehead atoms. The molecule has 1 fully saturated rings. The molecule has 21 heavy (non-hydrogen) atoms. The van der Waals surface area contributed by atoms with E-state index in [1.165, 1.54) is 12.1 Å². The molecule has 114 valence electrons. The number of nitrogens with zero attached hydrogens (tertiary/aromatic N) is 1. The molecule has 1 aromatic carbocycles. The van der Waals surface area contributed by atoms with Crippen LogP contribution in [0.4, 0.5) is 11.4 Å². The first-order valence-electron chi connectivity index (χ1n) is 6.92. The zero-order valence-corrected chi connectivity index (χ0v) is 11.8. The Morgan fingerprint density at radius 3 is 2.71 bits per heavy atom. The number of nitrogens with one attached hydrogen (secondary N) is 1. The average molecular weight is 294 g/mol. The molecule has 2 N–H and O–H groups in total. The maximum atomic E-state index is 11.4. The van der Waals surface area contributed by atoms with Crippen LogP contribution in [0.3, 0.4) is 0 Å². The third kappa shape index (κ3) is 2.91. The lowest BCUT2D eigenvalue weighted by Gasteiger charge is -2.38. The lowest BCUT2D eigenvalue weighted by molar-refractivity contribution is -0.385. The number of hydrogen-bond acceptors (Lipinski definition) is 5. The van der Waals surface area contributed by atoms with Gasteiger partial charge in [-0.05, 0) is 37.8 Å². The normalized spacial score (nSPS) is 15.9. The van der Waals surface area contributed by atoms with Crippen LogP contribution >= 0.6 is 0 Å². The highest BCUT2D eigenvalue weighted by atomic mass is 16.6. The molecule has 0 atom stereocenters. The maximum absolute atomic E-state index is 11.4. The van der Waals surface area contributed by atoms with Crippen LogP contribution < -0.4 is 10.1 Å². The number of carboxylic acid groups (broad SMARTS) is 1. The Labute approximate surface area is 122 Å². The molecule has 1 aromatic rings. The van der Waals surface area contributed by atoms with Crippen LogP contribution in [0.25, 0.3) is 0 Å². The van der Waals surface area contributed by atoms with Crippen LogP contribution in [-0.2, 0) is 4.79 Å². The van der Waals surface area contributed by atoms with Crippen molar-refractivity contribution in [2.24, 2.45) is 0 Å². The van der Waals surface area contributed by atoms with E-state index in [4.69, 9.17) is 4.74 Å². The highest BCUT2D eigenvalue weighted by molar-refractivity contribution is 5.85. The van der Waals surface area contributed by atoms with E-state index in [9.17, 15) is 20.0 Å². The van der Waals surface area contributed by atoms with E-state index in [-0.39, 0.29) is 17.1 Å². The van der Waals surface area contributed by atoms with Crippen LogP contribution in [-0.4, -0.2) is 28.1 Å². The summed E-state index contributed by atoms with van der Waals surface area (Å²) < 4.78 is 5.39. The number of benzene rings is 1. The van der Waals surface area contributed by atoms with E-state index in [0.29, 0.717) is 19.4 Å². The summed E-state index contributed by atoms with van der Waals surface area (Å²) in [6, 6.07) is 4.65. The molecule has 0 heterocycles. The van der Waals surface area contributed by atoms with Gasteiger partial charge in [-0.2, -0.15) is 0 Å². The monoisotopic (exact) mass is 294 g/mol. The molecule has 0 aliphatic heterocycles. The average Bonchev–Trinajstić information content (AvgIpc) is 2.39. The maximum Gasteiger partial charge on any atom is 0.333 e. The molecule has 0 radical (unpaired) electrons. The molecule has 7 heteroatoms. The smallest absolute Gasteiger partial charge is 0.333 e. The fourth-order valence-corrected chi connectivity index (χ4v) is 2.32. The van der Waals surface area contributed by atoms with Gasteiger partial charge in [0.1, 0.15) is 11.2 Å². The van der Waals surface area contributed by atoms with Crippen molar-refractivity contribution in [3.63, 3.8) is 0 Å². The molecule has 7 nitrogen and oxygen atoms in total. The summed E-state index contributed by atoms with van der Waals surface area (Å²) in [5.41, 5.74) is -1.12. The van der Waals surface area contributed by atoms with Gasteiger partial charge in [0.15, 0.2) is 5.75 Å². The van der Waals surface area contributed by atoms with Gasteiger partial charge in [0.25, 0.3) is 0 Å². The summed E-state index contributed by atoms with van der Waals surface area (Å²) >= 11 is 0. The third-order valence-corrected chi connectivity index (χ3v) is 3.63. The summed E-state index contributed by atoms with van der Waals surface area (Å²) in [6.45, 7) is 2.27. The third-order valence-electron chi connectivity index (χ3n) is 3.63. The van der Waals surface area contributed by atoms with Crippen molar-refractivity contribution in [2.75, 3.05) is 11.9 Å². The van der Waals surface area contributed by atoms with Gasteiger partial charge in [-0.1, -0.05) is 13.0 Å². The molecule has 0 amide bonds. The van der Waals surface area contributed by atoms with Crippen LogP contribution in [0, 0.1) is 10.1 Å². The molecule has 2 rings (SSSR count). The largest absolute Gasteiger partial charge is 0.487 e. The SMILES string of the molecule is CCCOc1cccc(NC2(C(=O)O)CCC2)c1[N+](=O)[O-]. The molecule has 0 saturated heterocycles. The number of ether oxygens (including phenoxy) is 1. The van der Waals surface area contributed by atoms with Crippen molar-refractivity contribution in [1.82, 2.24) is 0 Å². The van der Waals surface area contributed by atoms with Gasteiger partial charge in [0.2, 0.25) is 0 Å². The fraction of sp³-hybridized carbons (Fsp3) is 0.500. The zero-order chi connectivity index (χ0) is 15.5. The van der Waals surface area contributed by atoms with E-state index in [2.05, 4.69) is 5.32 Å². The van der Waals surface area contributed by atoms with Crippen molar-refractivity contribution < 1.29 is 19.6 Å². The predicted molar refractivity (Wildman–Crippen MR) is 76.7 cm³/mol. The van der Waals surface area contributed by atoms with E-state index in [0.717, 1.165) is 12.8 Å². The first kappa shape index (κ1) is 15.1. The number of hydrogen-bond donors (Lipinski definition) is 2. The van der Waals surface area contributed by atoms with Crippen molar-refractivity contribution in [3.05, 3.63) is 28.3 Å².